The molecule has 0 saturated heterocycles. The number of alkyl carbamates (subject to hydrolysis) is 1. The molecule has 292 valence electrons. The van der Waals surface area contributed by atoms with Crippen molar-refractivity contribution in [2.75, 3.05) is 11.9 Å². The highest BCUT2D eigenvalue weighted by atomic mass is 28.3. The Bertz CT molecular complexity index is 2060. The van der Waals surface area contributed by atoms with E-state index in [2.05, 4.69) is 37.6 Å². The molecule has 3 aromatic rings. The molecule has 1 unspecified atom stereocenters. The first-order chi connectivity index (χ1) is 25.0. The number of carbonyl (C=O) groups excluding carboxylic acids is 4. The van der Waals surface area contributed by atoms with Gasteiger partial charge in [0.1, 0.15) is 17.8 Å². The van der Waals surface area contributed by atoms with E-state index in [9.17, 15) is 24.0 Å². The molecule has 2 amide bonds. The molecule has 2 aliphatic rings. The largest absolute Gasteiger partial charge is 0.457 e. The maximum Gasteiger partial charge on any atom is 0.412 e. The molecule has 5 rings (SSSR count). The first kappa shape index (κ1) is 40.5. The van der Waals surface area contributed by atoms with Crippen molar-refractivity contribution in [2.24, 2.45) is 5.92 Å². The van der Waals surface area contributed by atoms with Crippen molar-refractivity contribution in [1.29, 1.82) is 0 Å². The summed E-state index contributed by atoms with van der Waals surface area (Å²) in [6.45, 7) is 21.6. The third-order valence-electron chi connectivity index (χ3n) is 9.41. The smallest absolute Gasteiger partial charge is 0.412 e. The van der Waals surface area contributed by atoms with Crippen LogP contribution in [-0.4, -0.2) is 59.5 Å². The van der Waals surface area contributed by atoms with E-state index in [1.807, 2.05) is 12.1 Å². The van der Waals surface area contributed by atoms with E-state index in [1.54, 1.807) is 65.2 Å². The topological polar surface area (TPSA) is 164 Å². The van der Waals surface area contributed by atoms with E-state index < -0.39 is 49.0 Å². The summed E-state index contributed by atoms with van der Waals surface area (Å²) in [5.74, 6) is -1.01. The molecule has 14 heteroatoms. The molecular weight excluding hydrogens is 709 g/mol. The van der Waals surface area contributed by atoms with Crippen LogP contribution < -0.4 is 21.4 Å². The minimum Gasteiger partial charge on any atom is -0.457 e. The standard InChI is InChI=1S/C40H54N4O9Si/c1-12-40(51-31(45)14-13-17-41-36(48)52-38(4,5)6)28-19-30-32-26(20-44(30)34(46)27(28)21-50-35(40)47)33(54(10,11)22-23(2)3)25-18-24(15-16-29(25)43-32)42-37(49)53-39(7,8)9/h15-16,18-19,23H,12-14,17,20-22H2,1-11H3,(H,41,48)(H,42,49). The van der Waals surface area contributed by atoms with Crippen LogP contribution in [0.15, 0.2) is 29.1 Å². The molecule has 2 N–H and O–H groups in total. The number of ether oxygens (including phenoxy) is 4. The number of pyridine rings is 2. The second kappa shape index (κ2) is 14.8. The van der Waals surface area contributed by atoms with E-state index >= 15 is 0 Å². The number of fused-ring (bicyclic) bond motifs is 5. The SMILES string of the molecule is CCC1(OC(=O)CCCNC(=O)OC(C)(C)C)C(=O)OCc2c1cc1n(c2=O)Cc2c-1nc1ccc(NC(=O)OC(C)(C)C)cc1c2[Si](C)(C)CC(C)C. The molecular formula is C40H54N4O9Si. The van der Waals surface area contributed by atoms with Gasteiger partial charge in [-0.25, -0.2) is 19.4 Å². The number of nitrogens with one attached hydrogen (secondary N) is 2. The molecule has 0 spiro atoms. The van der Waals surface area contributed by atoms with Crippen molar-refractivity contribution < 1.29 is 38.1 Å². The van der Waals surface area contributed by atoms with Crippen LogP contribution >= 0.6 is 0 Å². The number of aromatic nitrogens is 2. The number of anilines is 1. The molecule has 1 aromatic carbocycles. The monoisotopic (exact) mass is 762 g/mol. The fraction of sp³-hybridized carbons (Fsp3) is 0.550. The minimum absolute atomic E-state index is 0.0363. The van der Waals surface area contributed by atoms with Crippen LogP contribution in [0.25, 0.3) is 22.3 Å². The summed E-state index contributed by atoms with van der Waals surface area (Å²) in [6.07, 6.45) is -0.975. The first-order valence-electron chi connectivity index (χ1n) is 18.7. The number of cyclic esters (lactones) is 1. The van der Waals surface area contributed by atoms with Crippen LogP contribution in [0.5, 0.6) is 0 Å². The summed E-state index contributed by atoms with van der Waals surface area (Å²) < 4.78 is 23.9. The van der Waals surface area contributed by atoms with Gasteiger partial charge in [-0.05, 0) is 95.3 Å². The molecule has 0 radical (unpaired) electrons. The van der Waals surface area contributed by atoms with Crippen molar-refractivity contribution in [1.82, 2.24) is 14.9 Å². The third kappa shape index (κ3) is 8.48. The van der Waals surface area contributed by atoms with Gasteiger partial charge in [0.15, 0.2) is 0 Å². The van der Waals surface area contributed by atoms with E-state index in [0.29, 0.717) is 34.1 Å². The molecule has 0 bridgehead atoms. The lowest BCUT2D eigenvalue weighted by Gasteiger charge is -2.35. The van der Waals surface area contributed by atoms with Gasteiger partial charge in [-0.2, -0.15) is 0 Å². The summed E-state index contributed by atoms with van der Waals surface area (Å²) in [4.78, 5) is 71.1. The Kier molecular flexibility index (Phi) is 11.1. The number of amides is 2. The Hall–Kier alpha value is -4.72. The number of nitrogens with zero attached hydrogens (tertiary/aromatic N) is 2. The number of rotatable bonds is 10. The normalized spacial score (nSPS) is 16.6. The van der Waals surface area contributed by atoms with Crippen LogP contribution in [0, 0.1) is 5.92 Å². The van der Waals surface area contributed by atoms with Gasteiger partial charge in [0.25, 0.3) is 5.56 Å². The number of esters is 2. The predicted molar refractivity (Wildman–Crippen MR) is 208 cm³/mol. The van der Waals surface area contributed by atoms with Gasteiger partial charge >= 0.3 is 24.1 Å². The van der Waals surface area contributed by atoms with E-state index in [4.69, 9.17) is 23.9 Å². The number of benzene rings is 1. The zero-order valence-corrected chi connectivity index (χ0v) is 34.4. The molecule has 54 heavy (non-hydrogen) atoms. The molecule has 2 aromatic heterocycles. The highest BCUT2D eigenvalue weighted by Gasteiger charge is 2.50. The first-order valence-corrected chi connectivity index (χ1v) is 21.9. The van der Waals surface area contributed by atoms with Gasteiger partial charge in [0, 0.05) is 29.6 Å². The van der Waals surface area contributed by atoms with Crippen LogP contribution in [0.2, 0.25) is 19.1 Å². The summed E-state index contributed by atoms with van der Waals surface area (Å²) in [6, 6.07) is 8.31. The van der Waals surface area contributed by atoms with E-state index in [-0.39, 0.29) is 50.1 Å². The lowest BCUT2D eigenvalue weighted by molar-refractivity contribution is -0.189. The van der Waals surface area contributed by atoms with Crippen molar-refractivity contribution >= 4 is 54.0 Å². The summed E-state index contributed by atoms with van der Waals surface area (Å²) in [5, 5.41) is 7.53. The summed E-state index contributed by atoms with van der Waals surface area (Å²) in [7, 11) is -2.24. The van der Waals surface area contributed by atoms with Crippen molar-refractivity contribution in [3.05, 3.63) is 51.3 Å². The minimum atomic E-state index is -2.24. The Balaban J connectivity index is 1.55. The molecule has 0 fully saturated rings. The van der Waals surface area contributed by atoms with Gasteiger partial charge in [-0.15, -0.1) is 0 Å². The fourth-order valence-electron chi connectivity index (χ4n) is 7.61. The van der Waals surface area contributed by atoms with Crippen molar-refractivity contribution in [2.45, 2.75) is 131 Å². The molecule has 4 heterocycles. The van der Waals surface area contributed by atoms with Gasteiger partial charge in [0.2, 0.25) is 5.60 Å². The zero-order valence-electron chi connectivity index (χ0n) is 33.4. The quantitative estimate of drug-likeness (QED) is 0.0756. The predicted octanol–water partition coefficient (Wildman–Crippen LogP) is 6.85. The lowest BCUT2D eigenvalue weighted by atomic mass is 9.85. The van der Waals surface area contributed by atoms with Crippen LogP contribution in [0.4, 0.5) is 15.3 Å². The Morgan fingerprint density at radius 2 is 1.67 bits per heavy atom. The van der Waals surface area contributed by atoms with Gasteiger partial charge in [-0.3, -0.25) is 14.9 Å². The third-order valence-corrected chi connectivity index (χ3v) is 13.2. The van der Waals surface area contributed by atoms with Crippen molar-refractivity contribution in [3.8, 4) is 11.4 Å². The number of hydrogen-bond donors (Lipinski definition) is 2. The van der Waals surface area contributed by atoms with Crippen molar-refractivity contribution in [3.63, 3.8) is 0 Å². The number of hydrogen-bond acceptors (Lipinski definition) is 10. The molecule has 0 saturated carbocycles. The van der Waals surface area contributed by atoms with Gasteiger partial charge in [0.05, 0.1) is 37.1 Å². The zero-order chi connectivity index (χ0) is 40.0. The molecule has 1 atom stereocenters. The van der Waals surface area contributed by atoms with Gasteiger partial charge < -0.3 is 28.8 Å². The van der Waals surface area contributed by atoms with Crippen LogP contribution in [-0.2, 0) is 47.3 Å². The average Bonchev–Trinajstić information content (AvgIpc) is 3.39. The fourth-order valence-corrected chi connectivity index (χ4v) is 11.8. The summed E-state index contributed by atoms with van der Waals surface area (Å²) >= 11 is 0. The Morgan fingerprint density at radius 3 is 2.30 bits per heavy atom. The van der Waals surface area contributed by atoms with E-state index in [0.717, 1.165) is 22.2 Å². The lowest BCUT2D eigenvalue weighted by Crippen LogP contribution is -2.47. The van der Waals surface area contributed by atoms with E-state index in [1.165, 1.54) is 0 Å². The highest BCUT2D eigenvalue weighted by Crippen LogP contribution is 2.42. The Labute approximate surface area is 317 Å². The Morgan fingerprint density at radius 1 is 1.00 bits per heavy atom. The molecule has 2 aliphatic heterocycles. The highest BCUT2D eigenvalue weighted by molar-refractivity contribution is 6.92. The van der Waals surface area contributed by atoms with Crippen LogP contribution in [0.3, 0.4) is 0 Å². The van der Waals surface area contributed by atoms with Crippen LogP contribution in [0.1, 0.15) is 98.3 Å². The maximum absolute atomic E-state index is 14.4. The average molecular weight is 763 g/mol. The maximum atomic E-state index is 14.4. The second-order valence-corrected chi connectivity index (χ2v) is 21.9. The second-order valence-electron chi connectivity index (χ2n) is 17.2. The van der Waals surface area contributed by atoms with Gasteiger partial charge in [-0.1, -0.05) is 39.9 Å². The summed E-state index contributed by atoms with van der Waals surface area (Å²) in [5.41, 5.74) is 0.419. The molecule has 13 nitrogen and oxygen atoms in total. The molecule has 0 aliphatic carbocycles. The number of carbonyl (C=O) groups is 4.